The molecule has 0 aliphatic rings. The van der Waals surface area contributed by atoms with E-state index in [2.05, 4.69) is 26.8 Å². The number of aryl methyl sites for hydroxylation is 1. The number of nitrogens with zero attached hydrogens (tertiary/aromatic N) is 1. The number of pyridine rings is 1. The summed E-state index contributed by atoms with van der Waals surface area (Å²) in [4.78, 5) is 4.05. The zero-order valence-corrected chi connectivity index (χ0v) is 8.26. The van der Waals surface area contributed by atoms with Crippen LogP contribution in [-0.4, -0.2) is 11.6 Å². The lowest BCUT2D eigenvalue weighted by Gasteiger charge is -2.03. The Balaban J connectivity index is 2.81. The summed E-state index contributed by atoms with van der Waals surface area (Å²) in [5.41, 5.74) is 1.08. The Kier molecular flexibility index (Phi) is 3.12. The molecule has 0 aromatic carbocycles. The second-order valence-electron chi connectivity index (χ2n) is 2.29. The average molecular weight is 226 g/mol. The molecule has 0 N–H and O–H groups in total. The van der Waals surface area contributed by atoms with Crippen molar-refractivity contribution in [2.24, 2.45) is 0 Å². The van der Waals surface area contributed by atoms with Crippen LogP contribution in [0.4, 0.5) is 0 Å². The summed E-state index contributed by atoms with van der Waals surface area (Å²) in [5, 5.41) is 0. The number of rotatable bonds is 2. The van der Waals surface area contributed by atoms with Gasteiger partial charge in [0.05, 0.1) is 4.47 Å². The van der Waals surface area contributed by atoms with Gasteiger partial charge in [0.25, 0.3) is 0 Å². The van der Waals surface area contributed by atoms with Gasteiger partial charge in [-0.2, -0.15) is 0 Å². The molecule has 3 heteroatoms. The first-order chi connectivity index (χ1) is 5.74. The van der Waals surface area contributed by atoms with Gasteiger partial charge in [-0.25, -0.2) is 4.98 Å². The van der Waals surface area contributed by atoms with Gasteiger partial charge in [0.1, 0.15) is 0 Å². The number of aromatic nitrogens is 1. The molecule has 0 aliphatic heterocycles. The molecule has 1 heterocycles. The second-order valence-corrected chi connectivity index (χ2v) is 3.15. The molecule has 12 heavy (non-hydrogen) atoms. The molecule has 0 saturated heterocycles. The summed E-state index contributed by atoms with van der Waals surface area (Å²) in [5.74, 6) is 2.92. The Labute approximate surface area is 80.1 Å². The molecule has 0 atom stereocenters. The molecular weight excluding hydrogens is 218 g/mol. The Bertz CT molecular complexity index is 317. The third-order valence-corrected chi connectivity index (χ3v) is 1.80. The monoisotopic (exact) mass is 225 g/mol. The molecule has 0 bridgehead atoms. The fourth-order valence-corrected chi connectivity index (χ4v) is 1.32. The average Bonchev–Trinajstić information content (AvgIpc) is 2.03. The third-order valence-electron chi connectivity index (χ3n) is 1.24. The summed E-state index contributed by atoms with van der Waals surface area (Å²) in [6.45, 7) is 2.21. The van der Waals surface area contributed by atoms with Crippen LogP contribution in [0.25, 0.3) is 0 Å². The molecule has 0 amide bonds. The van der Waals surface area contributed by atoms with Crippen LogP contribution in [0, 0.1) is 19.3 Å². The molecule has 0 radical (unpaired) electrons. The van der Waals surface area contributed by atoms with E-state index < -0.39 is 0 Å². The van der Waals surface area contributed by atoms with Crippen LogP contribution < -0.4 is 4.74 Å². The quantitative estimate of drug-likeness (QED) is 0.721. The zero-order valence-electron chi connectivity index (χ0n) is 6.67. The number of terminal acetylenes is 1. The van der Waals surface area contributed by atoms with Gasteiger partial charge < -0.3 is 4.74 Å². The first kappa shape index (κ1) is 9.08. The molecule has 1 rings (SSSR count). The predicted octanol–water partition coefficient (Wildman–Crippen LogP) is 2.16. The Morgan fingerprint density at radius 1 is 1.75 bits per heavy atom. The highest BCUT2D eigenvalue weighted by molar-refractivity contribution is 9.10. The van der Waals surface area contributed by atoms with Crippen LogP contribution in [0.15, 0.2) is 16.7 Å². The minimum absolute atomic E-state index is 0.245. The highest BCUT2D eigenvalue weighted by atomic mass is 79.9. The van der Waals surface area contributed by atoms with E-state index in [1.165, 1.54) is 0 Å². The lowest BCUT2D eigenvalue weighted by atomic mass is 10.3. The van der Waals surface area contributed by atoms with Gasteiger partial charge in [0.15, 0.2) is 6.61 Å². The maximum Gasteiger partial charge on any atom is 0.228 e. The van der Waals surface area contributed by atoms with E-state index in [1.807, 2.05) is 13.0 Å². The molecule has 62 valence electrons. The molecule has 2 nitrogen and oxygen atoms in total. The fraction of sp³-hybridized carbons (Fsp3) is 0.222. The van der Waals surface area contributed by atoms with Crippen molar-refractivity contribution in [2.75, 3.05) is 6.61 Å². The zero-order chi connectivity index (χ0) is 8.97. The summed E-state index contributed by atoms with van der Waals surface area (Å²) >= 11 is 3.32. The summed E-state index contributed by atoms with van der Waals surface area (Å²) < 4.78 is 5.98. The molecule has 0 fully saturated rings. The van der Waals surface area contributed by atoms with E-state index in [0.29, 0.717) is 5.88 Å². The maximum atomic E-state index is 5.15. The highest BCUT2D eigenvalue weighted by Gasteiger charge is 2.00. The van der Waals surface area contributed by atoms with Crippen molar-refractivity contribution >= 4 is 15.9 Å². The van der Waals surface area contributed by atoms with Gasteiger partial charge in [-0.05, 0) is 34.5 Å². The molecule has 0 unspecified atom stereocenters. The number of halogens is 1. The van der Waals surface area contributed by atoms with Gasteiger partial charge in [-0.3, -0.25) is 0 Å². The molecule has 1 aromatic heterocycles. The van der Waals surface area contributed by atoms with Crippen LogP contribution in [0.1, 0.15) is 5.56 Å². The third kappa shape index (κ3) is 2.24. The molecule has 1 aromatic rings. The number of hydrogen-bond donors (Lipinski definition) is 0. The summed E-state index contributed by atoms with van der Waals surface area (Å²) in [6.07, 6.45) is 6.77. The highest BCUT2D eigenvalue weighted by Crippen LogP contribution is 2.22. The van der Waals surface area contributed by atoms with Gasteiger partial charge in [0.2, 0.25) is 5.88 Å². The second kappa shape index (κ2) is 4.13. The van der Waals surface area contributed by atoms with Crippen LogP contribution in [0.5, 0.6) is 5.88 Å². The van der Waals surface area contributed by atoms with Crippen molar-refractivity contribution in [3.05, 3.63) is 22.3 Å². The van der Waals surface area contributed by atoms with Crippen molar-refractivity contribution in [2.45, 2.75) is 6.92 Å². The molecule has 0 saturated carbocycles. The van der Waals surface area contributed by atoms with E-state index in [0.717, 1.165) is 10.0 Å². The van der Waals surface area contributed by atoms with Crippen molar-refractivity contribution in [1.29, 1.82) is 0 Å². The number of ether oxygens (including phenoxy) is 1. The van der Waals surface area contributed by atoms with E-state index in [9.17, 15) is 0 Å². The van der Waals surface area contributed by atoms with Crippen LogP contribution in [0.2, 0.25) is 0 Å². The molecule has 0 spiro atoms. The van der Waals surface area contributed by atoms with Crippen molar-refractivity contribution in [3.63, 3.8) is 0 Å². The van der Waals surface area contributed by atoms with Crippen molar-refractivity contribution in [3.8, 4) is 18.2 Å². The number of hydrogen-bond acceptors (Lipinski definition) is 2. The van der Waals surface area contributed by atoms with Crippen molar-refractivity contribution in [1.82, 2.24) is 4.98 Å². The summed E-state index contributed by atoms with van der Waals surface area (Å²) in [6, 6.07) is 1.93. The van der Waals surface area contributed by atoms with Crippen LogP contribution in [0.3, 0.4) is 0 Å². The Morgan fingerprint density at radius 2 is 2.50 bits per heavy atom. The lowest BCUT2D eigenvalue weighted by Crippen LogP contribution is -1.96. The van der Waals surface area contributed by atoms with Crippen LogP contribution >= 0.6 is 15.9 Å². The van der Waals surface area contributed by atoms with Crippen LogP contribution in [-0.2, 0) is 0 Å². The lowest BCUT2D eigenvalue weighted by molar-refractivity contribution is 0.353. The van der Waals surface area contributed by atoms with Gasteiger partial charge in [0, 0.05) is 6.20 Å². The largest absolute Gasteiger partial charge is 0.464 e. The van der Waals surface area contributed by atoms with E-state index in [1.54, 1.807) is 6.20 Å². The maximum absolute atomic E-state index is 5.15. The van der Waals surface area contributed by atoms with E-state index >= 15 is 0 Å². The van der Waals surface area contributed by atoms with E-state index in [4.69, 9.17) is 11.2 Å². The SMILES string of the molecule is C#CCOc1ncc(C)cc1Br. The topological polar surface area (TPSA) is 22.1 Å². The Hall–Kier alpha value is -1.01. The normalized spacial score (nSPS) is 9.08. The Morgan fingerprint density at radius 3 is 3.08 bits per heavy atom. The van der Waals surface area contributed by atoms with Gasteiger partial charge in [-0.1, -0.05) is 5.92 Å². The first-order valence-corrected chi connectivity index (χ1v) is 4.21. The summed E-state index contributed by atoms with van der Waals surface area (Å²) in [7, 11) is 0. The van der Waals surface area contributed by atoms with Gasteiger partial charge >= 0.3 is 0 Å². The van der Waals surface area contributed by atoms with E-state index in [-0.39, 0.29) is 6.61 Å². The standard InChI is InChI=1S/C9H8BrNO/c1-3-4-12-9-8(10)5-7(2)6-11-9/h1,5-6H,4H2,2H3. The first-order valence-electron chi connectivity index (χ1n) is 3.42. The smallest absolute Gasteiger partial charge is 0.228 e. The molecular formula is C9H8BrNO. The minimum Gasteiger partial charge on any atom is -0.464 e. The molecule has 0 aliphatic carbocycles. The van der Waals surface area contributed by atoms with Crippen molar-refractivity contribution < 1.29 is 4.74 Å². The van der Waals surface area contributed by atoms with Gasteiger partial charge in [-0.15, -0.1) is 6.42 Å². The fourth-order valence-electron chi connectivity index (χ4n) is 0.737. The predicted molar refractivity (Wildman–Crippen MR) is 51.0 cm³/mol. The minimum atomic E-state index is 0.245.